The van der Waals surface area contributed by atoms with Gasteiger partial charge in [0.15, 0.2) is 0 Å². The highest BCUT2D eigenvalue weighted by Crippen LogP contribution is 2.26. The molecule has 96 valence electrons. The Hall–Kier alpha value is -0.430. The molecule has 1 aromatic carbocycles. The Morgan fingerprint density at radius 2 is 2.12 bits per heavy atom. The van der Waals surface area contributed by atoms with Crippen LogP contribution in [-0.4, -0.2) is 38.3 Å². The zero-order valence-corrected chi connectivity index (χ0v) is 12.1. The molecule has 0 aliphatic carbocycles. The molecule has 0 radical (unpaired) electrons. The van der Waals surface area contributed by atoms with Gasteiger partial charge in [-0.25, -0.2) is 12.7 Å². The summed E-state index contributed by atoms with van der Waals surface area (Å²) in [6.45, 7) is 0.439. The quantitative estimate of drug-likeness (QED) is 0.843. The highest BCUT2D eigenvalue weighted by molar-refractivity contribution is 7.98. The van der Waals surface area contributed by atoms with Gasteiger partial charge in [-0.2, -0.15) is 11.8 Å². The molecule has 0 aromatic heterocycles. The van der Waals surface area contributed by atoms with Gasteiger partial charge in [0, 0.05) is 25.0 Å². The van der Waals surface area contributed by atoms with Crippen molar-refractivity contribution in [2.75, 3.05) is 31.3 Å². The average Bonchev–Trinajstić information content (AvgIpc) is 2.28. The van der Waals surface area contributed by atoms with Crippen molar-refractivity contribution < 1.29 is 8.42 Å². The first-order chi connectivity index (χ1) is 7.89. The van der Waals surface area contributed by atoms with E-state index in [1.165, 1.54) is 23.5 Å². The minimum Gasteiger partial charge on any atom is -0.399 e. The van der Waals surface area contributed by atoms with E-state index >= 15 is 0 Å². The lowest BCUT2D eigenvalue weighted by molar-refractivity contribution is 0.489. The molecular formula is C10H15ClN2O2S2. The smallest absolute Gasteiger partial charge is 0.244 e. The number of nitrogen functional groups attached to an aromatic ring is 1. The Morgan fingerprint density at radius 1 is 1.47 bits per heavy atom. The molecule has 0 heterocycles. The van der Waals surface area contributed by atoms with E-state index < -0.39 is 10.0 Å². The molecule has 17 heavy (non-hydrogen) atoms. The highest BCUT2D eigenvalue weighted by Gasteiger charge is 2.23. The molecule has 0 aliphatic rings. The van der Waals surface area contributed by atoms with Crippen LogP contribution in [0.4, 0.5) is 5.69 Å². The Bertz CT molecular complexity index is 491. The fourth-order valence-corrected chi connectivity index (χ4v) is 3.47. The summed E-state index contributed by atoms with van der Waals surface area (Å²) in [6.07, 6.45) is 1.92. The second-order valence-electron chi connectivity index (χ2n) is 3.51. The van der Waals surface area contributed by atoms with Gasteiger partial charge in [0.05, 0.1) is 5.02 Å². The number of nitrogens with zero attached hydrogens (tertiary/aromatic N) is 1. The maximum atomic E-state index is 12.2. The normalized spacial score (nSPS) is 12.0. The molecular weight excluding hydrogens is 280 g/mol. The van der Waals surface area contributed by atoms with Crippen molar-refractivity contribution in [2.45, 2.75) is 4.90 Å². The highest BCUT2D eigenvalue weighted by atomic mass is 35.5. The lowest BCUT2D eigenvalue weighted by Gasteiger charge is -2.17. The van der Waals surface area contributed by atoms with E-state index in [1.807, 2.05) is 6.26 Å². The van der Waals surface area contributed by atoms with Gasteiger partial charge in [0.1, 0.15) is 4.90 Å². The van der Waals surface area contributed by atoms with Crippen molar-refractivity contribution in [3.8, 4) is 0 Å². The first kappa shape index (κ1) is 14.6. The van der Waals surface area contributed by atoms with Crippen molar-refractivity contribution >= 4 is 39.1 Å². The standard InChI is InChI=1S/C10H15ClN2O2S2/c1-13(5-6-16-2)17(14,15)10-7-8(12)3-4-9(10)11/h3-4,7H,5-6,12H2,1-2H3. The molecule has 0 saturated heterocycles. The predicted octanol–water partition coefficient (Wildman–Crippen LogP) is 1.91. The molecule has 1 rings (SSSR count). The van der Waals surface area contributed by atoms with Crippen LogP contribution in [0.15, 0.2) is 23.1 Å². The minimum atomic E-state index is -3.56. The van der Waals surface area contributed by atoms with Crippen LogP contribution < -0.4 is 5.73 Å². The molecule has 0 fully saturated rings. The van der Waals surface area contributed by atoms with E-state index in [1.54, 1.807) is 17.8 Å². The monoisotopic (exact) mass is 294 g/mol. The topological polar surface area (TPSA) is 63.4 Å². The van der Waals surface area contributed by atoms with Crippen LogP contribution >= 0.6 is 23.4 Å². The second-order valence-corrected chi connectivity index (χ2v) is 6.92. The SMILES string of the molecule is CSCCN(C)S(=O)(=O)c1cc(N)ccc1Cl. The van der Waals surface area contributed by atoms with Gasteiger partial charge >= 0.3 is 0 Å². The van der Waals surface area contributed by atoms with Gasteiger partial charge < -0.3 is 5.73 Å². The molecule has 0 saturated carbocycles. The summed E-state index contributed by atoms with van der Waals surface area (Å²) in [6, 6.07) is 4.45. The van der Waals surface area contributed by atoms with E-state index in [0.29, 0.717) is 12.2 Å². The predicted molar refractivity (Wildman–Crippen MR) is 74.1 cm³/mol. The van der Waals surface area contributed by atoms with Crippen LogP contribution in [0.2, 0.25) is 5.02 Å². The summed E-state index contributed by atoms with van der Waals surface area (Å²) in [5, 5.41) is 0.190. The van der Waals surface area contributed by atoms with Gasteiger partial charge in [0.2, 0.25) is 10.0 Å². The lowest BCUT2D eigenvalue weighted by atomic mass is 10.3. The number of benzene rings is 1. The molecule has 7 heteroatoms. The number of thioether (sulfide) groups is 1. The van der Waals surface area contributed by atoms with Crippen LogP contribution in [0.5, 0.6) is 0 Å². The van der Waals surface area contributed by atoms with E-state index in [-0.39, 0.29) is 9.92 Å². The molecule has 0 unspecified atom stereocenters. The van der Waals surface area contributed by atoms with Crippen LogP contribution in [0.25, 0.3) is 0 Å². The van der Waals surface area contributed by atoms with Crippen molar-refractivity contribution in [3.05, 3.63) is 23.2 Å². The number of halogens is 1. The van der Waals surface area contributed by atoms with Crippen LogP contribution in [0.3, 0.4) is 0 Å². The van der Waals surface area contributed by atoms with Crippen LogP contribution in [-0.2, 0) is 10.0 Å². The van der Waals surface area contributed by atoms with Gasteiger partial charge in [-0.15, -0.1) is 0 Å². The summed E-state index contributed by atoms with van der Waals surface area (Å²) < 4.78 is 25.7. The maximum absolute atomic E-state index is 12.2. The Morgan fingerprint density at radius 3 is 2.71 bits per heavy atom. The van der Waals surface area contributed by atoms with Crippen LogP contribution in [0.1, 0.15) is 0 Å². The summed E-state index contributed by atoms with van der Waals surface area (Å²) in [7, 11) is -2.02. The Labute approximate surface area is 111 Å². The number of hydrogen-bond acceptors (Lipinski definition) is 4. The molecule has 0 aliphatic heterocycles. The molecule has 0 amide bonds. The van der Waals surface area contributed by atoms with Crippen molar-refractivity contribution in [2.24, 2.45) is 0 Å². The van der Waals surface area contributed by atoms with E-state index in [0.717, 1.165) is 5.75 Å². The average molecular weight is 295 g/mol. The first-order valence-corrected chi connectivity index (χ1v) is 8.11. The maximum Gasteiger partial charge on any atom is 0.244 e. The molecule has 4 nitrogen and oxygen atoms in total. The number of rotatable bonds is 5. The van der Waals surface area contributed by atoms with Crippen molar-refractivity contribution in [3.63, 3.8) is 0 Å². The van der Waals surface area contributed by atoms with Crippen molar-refractivity contribution in [1.82, 2.24) is 4.31 Å². The summed E-state index contributed by atoms with van der Waals surface area (Å²) >= 11 is 7.48. The molecule has 2 N–H and O–H groups in total. The van der Waals surface area contributed by atoms with E-state index in [9.17, 15) is 8.42 Å². The number of anilines is 1. The lowest BCUT2D eigenvalue weighted by Crippen LogP contribution is -2.29. The van der Waals surface area contributed by atoms with E-state index in [4.69, 9.17) is 17.3 Å². The van der Waals surface area contributed by atoms with Gasteiger partial charge in [-0.05, 0) is 24.5 Å². The van der Waals surface area contributed by atoms with E-state index in [2.05, 4.69) is 0 Å². The zero-order valence-electron chi connectivity index (χ0n) is 9.68. The Kier molecular flexibility index (Phi) is 5.12. The number of hydrogen-bond donors (Lipinski definition) is 1. The van der Waals surface area contributed by atoms with Crippen LogP contribution in [0, 0.1) is 0 Å². The Balaban J connectivity index is 3.08. The molecule has 0 bridgehead atoms. The molecule has 1 aromatic rings. The third kappa shape index (κ3) is 3.51. The number of sulfonamides is 1. The minimum absolute atomic E-state index is 0.0581. The summed E-state index contributed by atoms with van der Waals surface area (Å²) in [5.74, 6) is 0.732. The third-order valence-electron chi connectivity index (χ3n) is 2.25. The van der Waals surface area contributed by atoms with Gasteiger partial charge in [0.25, 0.3) is 0 Å². The van der Waals surface area contributed by atoms with Gasteiger partial charge in [-0.1, -0.05) is 11.6 Å². The second kappa shape index (κ2) is 5.95. The van der Waals surface area contributed by atoms with Gasteiger partial charge in [-0.3, -0.25) is 0 Å². The molecule has 0 spiro atoms. The zero-order chi connectivity index (χ0) is 13.1. The largest absolute Gasteiger partial charge is 0.399 e. The fraction of sp³-hybridized carbons (Fsp3) is 0.400. The summed E-state index contributed by atoms with van der Waals surface area (Å²) in [4.78, 5) is 0.0581. The first-order valence-electron chi connectivity index (χ1n) is 4.90. The number of nitrogens with two attached hydrogens (primary N) is 1. The molecule has 0 atom stereocenters. The summed E-state index contributed by atoms with van der Waals surface area (Å²) in [5.41, 5.74) is 5.96. The third-order valence-corrected chi connectivity index (χ3v) is 5.18. The van der Waals surface area contributed by atoms with Crippen molar-refractivity contribution in [1.29, 1.82) is 0 Å². The fourth-order valence-electron chi connectivity index (χ4n) is 1.23.